The summed E-state index contributed by atoms with van der Waals surface area (Å²) in [4.78, 5) is 4.10. The molecule has 0 aliphatic heterocycles. The van der Waals surface area contributed by atoms with E-state index in [1.807, 2.05) is 22.7 Å². The van der Waals surface area contributed by atoms with Crippen molar-refractivity contribution in [2.45, 2.75) is 19.5 Å². The van der Waals surface area contributed by atoms with Gasteiger partial charge in [-0.3, -0.25) is 4.40 Å². The van der Waals surface area contributed by atoms with Gasteiger partial charge < -0.3 is 5.32 Å². The number of nitrogens with one attached hydrogen (secondary N) is 1. The molecule has 20 heavy (non-hydrogen) atoms. The van der Waals surface area contributed by atoms with E-state index in [4.69, 9.17) is 11.6 Å². The van der Waals surface area contributed by atoms with Gasteiger partial charge in [0.05, 0.1) is 11.7 Å². The predicted molar refractivity (Wildman–Crippen MR) is 81.9 cm³/mol. The second-order valence-electron chi connectivity index (χ2n) is 4.89. The predicted octanol–water partition coefficient (Wildman–Crippen LogP) is 3.84. The number of hydrogen-bond donors (Lipinski definition) is 1. The van der Waals surface area contributed by atoms with Gasteiger partial charge in [0.25, 0.3) is 0 Å². The summed E-state index contributed by atoms with van der Waals surface area (Å²) in [6.07, 6.45) is 3.54. The molecule has 0 bridgehead atoms. The lowest BCUT2D eigenvalue weighted by molar-refractivity contribution is 0.574. The summed E-state index contributed by atoms with van der Waals surface area (Å²) in [5.41, 5.74) is 3.46. The van der Waals surface area contributed by atoms with Gasteiger partial charge in [-0.1, -0.05) is 41.9 Å². The van der Waals surface area contributed by atoms with Gasteiger partial charge in [0.2, 0.25) is 0 Å². The topological polar surface area (TPSA) is 29.3 Å². The number of hydrogen-bond acceptors (Lipinski definition) is 2. The van der Waals surface area contributed by atoms with Gasteiger partial charge in [-0.2, -0.15) is 0 Å². The normalized spacial score (nSPS) is 12.7. The summed E-state index contributed by atoms with van der Waals surface area (Å²) < 4.78 is 1.87. The Balaban J connectivity index is 1.73. The van der Waals surface area contributed by atoms with Crippen LogP contribution in [0.4, 0.5) is 0 Å². The maximum atomic E-state index is 6.23. The van der Waals surface area contributed by atoms with Crippen LogP contribution in [0.1, 0.15) is 24.1 Å². The average molecular weight is 286 g/mol. The van der Waals surface area contributed by atoms with Crippen LogP contribution in [-0.2, 0) is 6.54 Å². The van der Waals surface area contributed by atoms with Crippen LogP contribution in [0, 0.1) is 0 Å². The van der Waals surface area contributed by atoms with E-state index in [1.54, 1.807) is 6.33 Å². The summed E-state index contributed by atoms with van der Waals surface area (Å²) in [5.74, 6) is 0. The van der Waals surface area contributed by atoms with E-state index < -0.39 is 0 Å². The van der Waals surface area contributed by atoms with Gasteiger partial charge in [-0.05, 0) is 30.2 Å². The molecule has 3 nitrogen and oxygen atoms in total. The zero-order valence-electron chi connectivity index (χ0n) is 11.3. The first-order valence-electron chi connectivity index (χ1n) is 6.63. The molecule has 1 atom stereocenters. The molecule has 0 aliphatic carbocycles. The smallest absolute Gasteiger partial charge is 0.114 e. The number of pyridine rings is 1. The molecule has 1 N–H and O–H groups in total. The Morgan fingerprint density at radius 1 is 1.25 bits per heavy atom. The Morgan fingerprint density at radius 3 is 2.85 bits per heavy atom. The van der Waals surface area contributed by atoms with Crippen molar-refractivity contribution in [1.82, 2.24) is 14.7 Å². The Bertz CT molecular complexity index is 706. The largest absolute Gasteiger partial charge is 0.306 e. The molecule has 102 valence electrons. The summed E-state index contributed by atoms with van der Waals surface area (Å²) in [6, 6.07) is 14.8. The van der Waals surface area contributed by atoms with Crippen LogP contribution < -0.4 is 5.32 Å². The lowest BCUT2D eigenvalue weighted by Crippen LogP contribution is -2.18. The first-order valence-corrected chi connectivity index (χ1v) is 7.00. The Hall–Kier alpha value is -1.84. The first-order chi connectivity index (χ1) is 9.74. The summed E-state index contributed by atoms with van der Waals surface area (Å²) in [6.45, 7) is 2.94. The quantitative estimate of drug-likeness (QED) is 0.738. The van der Waals surface area contributed by atoms with Gasteiger partial charge >= 0.3 is 0 Å². The molecule has 0 amide bonds. The van der Waals surface area contributed by atoms with E-state index in [2.05, 4.69) is 47.6 Å². The zero-order valence-corrected chi connectivity index (χ0v) is 12.0. The van der Waals surface area contributed by atoms with E-state index in [0.29, 0.717) is 11.2 Å². The van der Waals surface area contributed by atoms with Crippen LogP contribution in [0.15, 0.2) is 55.0 Å². The monoisotopic (exact) mass is 285 g/mol. The van der Waals surface area contributed by atoms with Crippen molar-refractivity contribution in [3.8, 4) is 0 Å². The van der Waals surface area contributed by atoms with Crippen LogP contribution in [0.3, 0.4) is 0 Å². The molecular formula is C16H16ClN3. The number of fused-ring (bicyclic) bond motifs is 1. The van der Waals surface area contributed by atoms with Crippen molar-refractivity contribution in [1.29, 1.82) is 0 Å². The highest BCUT2D eigenvalue weighted by Crippen LogP contribution is 2.17. The molecule has 2 aromatic heterocycles. The minimum atomic E-state index is 0.302. The molecule has 0 radical (unpaired) electrons. The molecule has 1 unspecified atom stereocenters. The van der Waals surface area contributed by atoms with E-state index in [0.717, 1.165) is 17.6 Å². The SMILES string of the molecule is CC(NCc1cc(Cl)n2cncc2c1)c1ccccc1. The summed E-state index contributed by atoms with van der Waals surface area (Å²) in [5, 5.41) is 4.20. The third-order valence-electron chi connectivity index (χ3n) is 3.45. The number of imidazole rings is 1. The van der Waals surface area contributed by atoms with Crippen molar-refractivity contribution in [2.75, 3.05) is 0 Å². The van der Waals surface area contributed by atoms with Gasteiger partial charge in [0.1, 0.15) is 11.5 Å². The van der Waals surface area contributed by atoms with Crippen molar-refractivity contribution < 1.29 is 0 Å². The Kier molecular flexibility index (Phi) is 3.72. The summed E-state index contributed by atoms with van der Waals surface area (Å²) in [7, 11) is 0. The molecule has 0 fully saturated rings. The Labute approximate surface area is 123 Å². The number of halogens is 1. The molecule has 3 aromatic rings. The second-order valence-corrected chi connectivity index (χ2v) is 5.28. The van der Waals surface area contributed by atoms with Gasteiger partial charge in [-0.15, -0.1) is 0 Å². The van der Waals surface area contributed by atoms with Crippen LogP contribution in [0.25, 0.3) is 5.52 Å². The van der Waals surface area contributed by atoms with E-state index >= 15 is 0 Å². The number of nitrogens with zero attached hydrogens (tertiary/aromatic N) is 2. The van der Waals surface area contributed by atoms with Gasteiger partial charge in [0.15, 0.2) is 0 Å². The van der Waals surface area contributed by atoms with Gasteiger partial charge in [-0.25, -0.2) is 4.98 Å². The van der Waals surface area contributed by atoms with Crippen molar-refractivity contribution in [3.63, 3.8) is 0 Å². The van der Waals surface area contributed by atoms with Crippen LogP contribution in [-0.4, -0.2) is 9.38 Å². The molecule has 3 rings (SSSR count). The van der Waals surface area contributed by atoms with E-state index in [1.165, 1.54) is 5.56 Å². The van der Waals surface area contributed by atoms with Gasteiger partial charge in [0, 0.05) is 12.6 Å². The van der Waals surface area contributed by atoms with Crippen LogP contribution in [0.5, 0.6) is 0 Å². The molecule has 0 aliphatic rings. The lowest BCUT2D eigenvalue weighted by atomic mass is 10.1. The molecule has 0 saturated heterocycles. The minimum Gasteiger partial charge on any atom is -0.306 e. The highest BCUT2D eigenvalue weighted by atomic mass is 35.5. The number of aromatic nitrogens is 2. The second kappa shape index (κ2) is 5.65. The fraction of sp³-hybridized carbons (Fsp3) is 0.188. The third-order valence-corrected chi connectivity index (χ3v) is 3.74. The molecule has 2 heterocycles. The van der Waals surface area contributed by atoms with Crippen LogP contribution in [0.2, 0.25) is 5.15 Å². The minimum absolute atomic E-state index is 0.302. The molecule has 1 aromatic carbocycles. The molecule has 0 spiro atoms. The highest BCUT2D eigenvalue weighted by molar-refractivity contribution is 6.29. The highest BCUT2D eigenvalue weighted by Gasteiger charge is 2.06. The average Bonchev–Trinajstić information content (AvgIpc) is 2.94. The maximum Gasteiger partial charge on any atom is 0.114 e. The van der Waals surface area contributed by atoms with Crippen LogP contribution >= 0.6 is 11.6 Å². The molecular weight excluding hydrogens is 270 g/mol. The fourth-order valence-corrected chi connectivity index (χ4v) is 2.56. The third kappa shape index (κ3) is 2.69. The van der Waals surface area contributed by atoms with E-state index in [9.17, 15) is 0 Å². The zero-order chi connectivity index (χ0) is 13.9. The maximum absolute atomic E-state index is 6.23. The number of benzene rings is 1. The standard InChI is InChI=1S/C16H16ClN3/c1-12(14-5-3-2-4-6-14)19-9-13-7-15-10-18-11-20(15)16(17)8-13/h2-8,10-12,19H,9H2,1H3. The molecule has 0 saturated carbocycles. The first kappa shape index (κ1) is 13.2. The van der Waals surface area contributed by atoms with Crippen molar-refractivity contribution in [3.05, 3.63) is 71.3 Å². The fourth-order valence-electron chi connectivity index (χ4n) is 2.28. The number of rotatable bonds is 4. The van der Waals surface area contributed by atoms with Crippen molar-refractivity contribution in [2.24, 2.45) is 0 Å². The van der Waals surface area contributed by atoms with Crippen molar-refractivity contribution >= 4 is 17.1 Å². The Morgan fingerprint density at radius 2 is 2.05 bits per heavy atom. The molecule has 4 heteroatoms. The lowest BCUT2D eigenvalue weighted by Gasteiger charge is -2.14. The van der Waals surface area contributed by atoms with E-state index in [-0.39, 0.29) is 0 Å². The summed E-state index contributed by atoms with van der Waals surface area (Å²) >= 11 is 6.23.